The van der Waals surface area contributed by atoms with Crippen molar-refractivity contribution in [1.82, 2.24) is 0 Å². The summed E-state index contributed by atoms with van der Waals surface area (Å²) in [5.41, 5.74) is -2.68. The highest BCUT2D eigenvalue weighted by molar-refractivity contribution is 5.90. The number of benzene rings is 1. The molecule has 25 heavy (non-hydrogen) atoms. The molecule has 1 aliphatic heterocycles. The molecule has 1 saturated heterocycles. The number of Topliss-reactive ketones (excluding diaryl/α,β-unsaturated/α-hetero) is 1. The standard InChI is InChI=1S/C16H22O9/c1-8(6-17)13(21)16(23)14(22)12(20)11(7-18)25-15(16)24-10-4-2-9(19)3-5-10/h2-5,8,11-12,14-15,17-20,22-23H,6-7H2,1H3/t8?,11-,12+,14+,15-,16-/m1/s1. The third-order valence-electron chi connectivity index (χ3n) is 4.19. The van der Waals surface area contributed by atoms with Crippen LogP contribution in [-0.4, -0.2) is 79.8 Å². The first-order valence-electron chi connectivity index (χ1n) is 7.71. The lowest BCUT2D eigenvalue weighted by Gasteiger charge is -2.47. The Labute approximate surface area is 143 Å². The van der Waals surface area contributed by atoms with Gasteiger partial charge in [-0.25, -0.2) is 0 Å². The van der Waals surface area contributed by atoms with Gasteiger partial charge in [0.1, 0.15) is 29.8 Å². The number of phenols is 1. The number of hydrogen-bond acceptors (Lipinski definition) is 9. The predicted octanol–water partition coefficient (Wildman–Crippen LogP) is -1.86. The summed E-state index contributed by atoms with van der Waals surface area (Å²) in [5.74, 6) is -1.99. The van der Waals surface area contributed by atoms with Crippen molar-refractivity contribution in [2.75, 3.05) is 13.2 Å². The lowest BCUT2D eigenvalue weighted by Crippen LogP contribution is -2.72. The molecule has 9 heteroatoms. The third kappa shape index (κ3) is 3.61. The van der Waals surface area contributed by atoms with Gasteiger partial charge in [0.2, 0.25) is 11.9 Å². The zero-order chi connectivity index (χ0) is 18.8. The van der Waals surface area contributed by atoms with Gasteiger partial charge in [-0.1, -0.05) is 6.92 Å². The van der Waals surface area contributed by atoms with Crippen LogP contribution < -0.4 is 4.74 Å². The predicted molar refractivity (Wildman–Crippen MR) is 82.7 cm³/mol. The summed E-state index contributed by atoms with van der Waals surface area (Å²) >= 11 is 0. The van der Waals surface area contributed by atoms with Crippen LogP contribution in [-0.2, 0) is 9.53 Å². The summed E-state index contributed by atoms with van der Waals surface area (Å²) in [6.07, 6.45) is -6.81. The van der Waals surface area contributed by atoms with Crippen LogP contribution in [0.15, 0.2) is 24.3 Å². The fourth-order valence-corrected chi connectivity index (χ4v) is 2.60. The molecule has 0 radical (unpaired) electrons. The topological polar surface area (TPSA) is 157 Å². The van der Waals surface area contributed by atoms with Gasteiger partial charge in [0.15, 0.2) is 5.78 Å². The van der Waals surface area contributed by atoms with E-state index in [-0.39, 0.29) is 11.5 Å². The number of aliphatic hydroxyl groups is 5. The van der Waals surface area contributed by atoms with Crippen LogP contribution in [0.4, 0.5) is 0 Å². The van der Waals surface area contributed by atoms with Gasteiger partial charge in [-0.05, 0) is 24.3 Å². The molecule has 140 valence electrons. The van der Waals surface area contributed by atoms with E-state index in [2.05, 4.69) is 0 Å². The molecule has 1 aliphatic rings. The fourth-order valence-electron chi connectivity index (χ4n) is 2.60. The molecular formula is C16H22O9. The number of aliphatic hydroxyl groups excluding tert-OH is 4. The van der Waals surface area contributed by atoms with Crippen molar-refractivity contribution in [3.63, 3.8) is 0 Å². The summed E-state index contributed by atoms with van der Waals surface area (Å²) in [6, 6.07) is 5.27. The van der Waals surface area contributed by atoms with Crippen molar-refractivity contribution in [2.24, 2.45) is 5.92 Å². The number of rotatable bonds is 6. The Bertz CT molecular complexity index is 590. The van der Waals surface area contributed by atoms with E-state index in [0.717, 1.165) is 0 Å². The molecule has 0 aromatic heterocycles. The highest BCUT2D eigenvalue weighted by Crippen LogP contribution is 2.34. The summed E-state index contributed by atoms with van der Waals surface area (Å²) in [7, 11) is 0. The number of hydrogen-bond donors (Lipinski definition) is 6. The van der Waals surface area contributed by atoms with Crippen molar-refractivity contribution in [1.29, 1.82) is 0 Å². The van der Waals surface area contributed by atoms with E-state index < -0.39 is 55.1 Å². The van der Waals surface area contributed by atoms with E-state index in [0.29, 0.717) is 0 Å². The van der Waals surface area contributed by atoms with Crippen molar-refractivity contribution >= 4 is 5.78 Å². The van der Waals surface area contributed by atoms with E-state index in [4.69, 9.17) is 9.47 Å². The molecule has 1 aromatic rings. The van der Waals surface area contributed by atoms with Gasteiger partial charge in [-0.15, -0.1) is 0 Å². The Hall–Kier alpha value is -1.75. The Morgan fingerprint density at radius 1 is 1.28 bits per heavy atom. The molecule has 1 fully saturated rings. The molecular weight excluding hydrogens is 336 g/mol. The van der Waals surface area contributed by atoms with Crippen LogP contribution in [0.1, 0.15) is 6.92 Å². The van der Waals surface area contributed by atoms with E-state index in [1.807, 2.05) is 0 Å². The normalized spacial score (nSPS) is 33.7. The van der Waals surface area contributed by atoms with Crippen LogP contribution in [0.5, 0.6) is 11.5 Å². The molecule has 1 unspecified atom stereocenters. The number of aromatic hydroxyl groups is 1. The third-order valence-corrected chi connectivity index (χ3v) is 4.19. The molecule has 1 aromatic carbocycles. The molecule has 0 amide bonds. The van der Waals surface area contributed by atoms with E-state index >= 15 is 0 Å². The summed E-state index contributed by atoms with van der Waals surface area (Å²) in [6.45, 7) is 0.0436. The molecule has 0 spiro atoms. The average molecular weight is 358 g/mol. The van der Waals surface area contributed by atoms with Gasteiger partial charge in [0.25, 0.3) is 0 Å². The molecule has 6 N–H and O–H groups in total. The van der Waals surface area contributed by atoms with E-state index in [9.17, 15) is 35.4 Å². The van der Waals surface area contributed by atoms with Crippen LogP contribution in [0.3, 0.4) is 0 Å². The van der Waals surface area contributed by atoms with Crippen LogP contribution in [0.25, 0.3) is 0 Å². The Morgan fingerprint density at radius 3 is 2.40 bits per heavy atom. The maximum absolute atomic E-state index is 12.5. The number of ether oxygens (including phenoxy) is 2. The first-order valence-corrected chi connectivity index (χ1v) is 7.71. The first kappa shape index (κ1) is 19.6. The van der Waals surface area contributed by atoms with Crippen LogP contribution in [0.2, 0.25) is 0 Å². The first-order chi connectivity index (χ1) is 11.7. The zero-order valence-electron chi connectivity index (χ0n) is 13.5. The maximum Gasteiger partial charge on any atom is 0.239 e. The summed E-state index contributed by atoms with van der Waals surface area (Å²) < 4.78 is 10.7. The lowest BCUT2D eigenvalue weighted by molar-refractivity contribution is -0.309. The van der Waals surface area contributed by atoms with Crippen molar-refractivity contribution in [3.05, 3.63) is 24.3 Å². The van der Waals surface area contributed by atoms with Crippen molar-refractivity contribution < 1.29 is 44.9 Å². The number of carbonyl (C=O) groups excluding carboxylic acids is 1. The van der Waals surface area contributed by atoms with Gasteiger partial charge in [-0.3, -0.25) is 4.79 Å². The number of carbonyl (C=O) groups is 1. The summed E-state index contributed by atoms with van der Waals surface area (Å²) in [5, 5.41) is 58.9. The quantitative estimate of drug-likeness (QED) is 0.343. The lowest BCUT2D eigenvalue weighted by atomic mass is 9.79. The number of ketones is 1. The Morgan fingerprint density at radius 2 is 1.88 bits per heavy atom. The van der Waals surface area contributed by atoms with Gasteiger partial charge in [-0.2, -0.15) is 0 Å². The van der Waals surface area contributed by atoms with Gasteiger partial charge >= 0.3 is 0 Å². The monoisotopic (exact) mass is 358 g/mol. The molecule has 0 bridgehead atoms. The molecule has 0 saturated carbocycles. The highest BCUT2D eigenvalue weighted by atomic mass is 16.7. The minimum absolute atomic E-state index is 0.0409. The van der Waals surface area contributed by atoms with Crippen molar-refractivity contribution in [2.45, 2.75) is 37.1 Å². The largest absolute Gasteiger partial charge is 0.508 e. The molecule has 6 atom stereocenters. The van der Waals surface area contributed by atoms with Gasteiger partial charge in [0, 0.05) is 5.92 Å². The maximum atomic E-state index is 12.5. The second-order valence-corrected chi connectivity index (χ2v) is 6.01. The second-order valence-electron chi connectivity index (χ2n) is 6.01. The molecule has 0 aliphatic carbocycles. The van der Waals surface area contributed by atoms with Crippen LogP contribution in [0, 0.1) is 5.92 Å². The Kier molecular flexibility index (Phi) is 5.99. The van der Waals surface area contributed by atoms with Gasteiger partial charge in [0.05, 0.1) is 13.2 Å². The molecule has 1 heterocycles. The fraction of sp³-hybridized carbons (Fsp3) is 0.562. The zero-order valence-corrected chi connectivity index (χ0v) is 13.5. The SMILES string of the molecule is CC(CO)C(=O)[C@]1(O)[C@H](Oc2ccc(O)cc2)O[C@H](CO)[C@H](O)[C@@H]1O. The van der Waals surface area contributed by atoms with Crippen molar-refractivity contribution in [3.8, 4) is 11.5 Å². The Balaban J connectivity index is 2.38. The minimum atomic E-state index is -2.68. The highest BCUT2D eigenvalue weighted by Gasteiger charge is 2.61. The number of phenolic OH excluding ortho intramolecular Hbond substituents is 1. The van der Waals surface area contributed by atoms with E-state index in [1.165, 1.54) is 31.2 Å². The smallest absolute Gasteiger partial charge is 0.239 e. The average Bonchev–Trinajstić information content (AvgIpc) is 2.62. The summed E-state index contributed by atoms with van der Waals surface area (Å²) in [4.78, 5) is 12.5. The second kappa shape index (κ2) is 7.65. The molecule has 2 rings (SSSR count). The molecule has 9 nitrogen and oxygen atoms in total. The van der Waals surface area contributed by atoms with Crippen LogP contribution >= 0.6 is 0 Å². The minimum Gasteiger partial charge on any atom is -0.508 e. The van der Waals surface area contributed by atoms with E-state index in [1.54, 1.807) is 0 Å². The van der Waals surface area contributed by atoms with Gasteiger partial charge < -0.3 is 40.1 Å².